The normalized spacial score (nSPS) is 19.6. The molecule has 1 amide bonds. The summed E-state index contributed by atoms with van der Waals surface area (Å²) in [5.41, 5.74) is 5.14. The Bertz CT molecular complexity index is 174. The number of rotatable bonds is 4. The van der Waals surface area contributed by atoms with E-state index in [1.54, 1.807) is 0 Å². The maximum absolute atomic E-state index is 10.6. The van der Waals surface area contributed by atoms with Gasteiger partial charge in [0, 0.05) is 19.0 Å². The molecule has 1 aliphatic carbocycles. The van der Waals surface area contributed by atoms with Crippen molar-refractivity contribution in [3.8, 4) is 0 Å². The molecule has 1 aliphatic rings. The molecular weight excluding hydrogens is 176 g/mol. The van der Waals surface area contributed by atoms with Crippen molar-refractivity contribution >= 4 is 5.91 Å². The van der Waals surface area contributed by atoms with Crippen LogP contribution >= 0.6 is 0 Å². The molecule has 1 fully saturated rings. The third-order valence-corrected chi connectivity index (χ3v) is 3.16. The van der Waals surface area contributed by atoms with Gasteiger partial charge in [0.15, 0.2) is 0 Å². The fraction of sp³-hybridized carbons (Fsp3) is 0.909. The fourth-order valence-corrected chi connectivity index (χ4v) is 2.17. The molecule has 0 unspecified atom stereocenters. The number of nitrogens with zero attached hydrogens (tertiary/aromatic N) is 1. The molecule has 2 N–H and O–H groups in total. The molecule has 0 heterocycles. The van der Waals surface area contributed by atoms with E-state index < -0.39 is 0 Å². The lowest BCUT2D eigenvalue weighted by Crippen LogP contribution is -2.33. The van der Waals surface area contributed by atoms with Crippen LogP contribution in [0.2, 0.25) is 0 Å². The van der Waals surface area contributed by atoms with Crippen molar-refractivity contribution in [2.45, 2.75) is 51.0 Å². The first kappa shape index (κ1) is 11.5. The smallest absolute Gasteiger partial charge is 0.218 e. The van der Waals surface area contributed by atoms with Gasteiger partial charge in [-0.2, -0.15) is 0 Å². The van der Waals surface area contributed by atoms with Crippen LogP contribution in [0.4, 0.5) is 0 Å². The largest absolute Gasteiger partial charge is 0.370 e. The molecule has 82 valence electrons. The maximum atomic E-state index is 10.6. The van der Waals surface area contributed by atoms with Crippen LogP contribution in [0.3, 0.4) is 0 Å². The lowest BCUT2D eigenvalue weighted by molar-refractivity contribution is -0.118. The van der Waals surface area contributed by atoms with Crippen LogP contribution in [-0.4, -0.2) is 30.4 Å². The summed E-state index contributed by atoms with van der Waals surface area (Å²) in [6.07, 6.45) is 8.50. The first-order chi connectivity index (χ1) is 6.70. The van der Waals surface area contributed by atoms with Gasteiger partial charge in [-0.1, -0.05) is 25.7 Å². The molecule has 0 atom stereocenters. The highest BCUT2D eigenvalue weighted by Gasteiger charge is 2.16. The van der Waals surface area contributed by atoms with Crippen LogP contribution in [-0.2, 0) is 4.79 Å². The van der Waals surface area contributed by atoms with E-state index in [1.165, 1.54) is 38.5 Å². The zero-order chi connectivity index (χ0) is 10.4. The first-order valence-electron chi connectivity index (χ1n) is 5.68. The van der Waals surface area contributed by atoms with E-state index in [1.807, 2.05) is 0 Å². The summed E-state index contributed by atoms with van der Waals surface area (Å²) in [5, 5.41) is 0. The summed E-state index contributed by atoms with van der Waals surface area (Å²) >= 11 is 0. The highest BCUT2D eigenvalue weighted by molar-refractivity contribution is 5.73. The van der Waals surface area contributed by atoms with E-state index in [0.29, 0.717) is 12.5 Å². The van der Waals surface area contributed by atoms with Gasteiger partial charge in [0.25, 0.3) is 0 Å². The van der Waals surface area contributed by atoms with Crippen LogP contribution < -0.4 is 5.73 Å². The highest BCUT2D eigenvalue weighted by atomic mass is 16.1. The number of hydrogen-bond acceptors (Lipinski definition) is 2. The molecule has 3 heteroatoms. The average molecular weight is 198 g/mol. The van der Waals surface area contributed by atoms with Gasteiger partial charge in [0.2, 0.25) is 5.91 Å². The summed E-state index contributed by atoms with van der Waals surface area (Å²) in [5.74, 6) is -0.189. The Kier molecular flexibility index (Phi) is 4.94. The van der Waals surface area contributed by atoms with Gasteiger partial charge < -0.3 is 10.6 Å². The summed E-state index contributed by atoms with van der Waals surface area (Å²) in [4.78, 5) is 13.0. The Morgan fingerprint density at radius 2 is 1.86 bits per heavy atom. The van der Waals surface area contributed by atoms with E-state index in [2.05, 4.69) is 11.9 Å². The van der Waals surface area contributed by atoms with Gasteiger partial charge >= 0.3 is 0 Å². The molecule has 0 radical (unpaired) electrons. The average Bonchev–Trinajstić information content (AvgIpc) is 2.42. The van der Waals surface area contributed by atoms with Crippen molar-refractivity contribution in [1.29, 1.82) is 0 Å². The molecule has 14 heavy (non-hydrogen) atoms. The van der Waals surface area contributed by atoms with E-state index in [9.17, 15) is 4.79 Å². The van der Waals surface area contributed by atoms with Crippen LogP contribution in [0.1, 0.15) is 44.9 Å². The molecule has 0 aromatic heterocycles. The van der Waals surface area contributed by atoms with Gasteiger partial charge in [-0.3, -0.25) is 4.79 Å². The predicted octanol–water partition coefficient (Wildman–Crippen LogP) is 1.52. The highest BCUT2D eigenvalue weighted by Crippen LogP contribution is 2.20. The maximum Gasteiger partial charge on any atom is 0.218 e. The van der Waals surface area contributed by atoms with Gasteiger partial charge in [-0.15, -0.1) is 0 Å². The number of hydrogen-bond donors (Lipinski definition) is 1. The second-order valence-electron chi connectivity index (χ2n) is 4.34. The minimum Gasteiger partial charge on any atom is -0.370 e. The molecule has 0 spiro atoms. The monoisotopic (exact) mass is 198 g/mol. The molecule has 0 aromatic rings. The summed E-state index contributed by atoms with van der Waals surface area (Å²) in [6.45, 7) is 0.819. The van der Waals surface area contributed by atoms with Gasteiger partial charge in [0.05, 0.1) is 0 Å². The van der Waals surface area contributed by atoms with Gasteiger partial charge in [-0.25, -0.2) is 0 Å². The number of carbonyl (C=O) groups excluding carboxylic acids is 1. The van der Waals surface area contributed by atoms with Crippen molar-refractivity contribution in [3.05, 3.63) is 0 Å². The molecular formula is C11H22N2O. The van der Waals surface area contributed by atoms with Crippen molar-refractivity contribution in [2.24, 2.45) is 5.73 Å². The topological polar surface area (TPSA) is 46.3 Å². The Hall–Kier alpha value is -0.570. The van der Waals surface area contributed by atoms with Crippen molar-refractivity contribution in [3.63, 3.8) is 0 Å². The second kappa shape index (κ2) is 6.02. The molecule has 0 aromatic carbocycles. The Morgan fingerprint density at radius 1 is 1.29 bits per heavy atom. The minimum atomic E-state index is -0.189. The van der Waals surface area contributed by atoms with Crippen LogP contribution in [0.25, 0.3) is 0 Å². The molecule has 1 rings (SSSR count). The van der Waals surface area contributed by atoms with E-state index >= 15 is 0 Å². The van der Waals surface area contributed by atoms with Gasteiger partial charge in [0.1, 0.15) is 0 Å². The summed E-state index contributed by atoms with van der Waals surface area (Å²) in [7, 11) is 2.11. The number of nitrogens with two attached hydrogens (primary N) is 1. The number of primary amides is 1. The van der Waals surface area contributed by atoms with Crippen molar-refractivity contribution in [2.75, 3.05) is 13.6 Å². The van der Waals surface area contributed by atoms with Crippen LogP contribution in [0.5, 0.6) is 0 Å². The van der Waals surface area contributed by atoms with Crippen molar-refractivity contribution < 1.29 is 4.79 Å². The van der Waals surface area contributed by atoms with Crippen LogP contribution in [0.15, 0.2) is 0 Å². The third kappa shape index (κ3) is 4.09. The minimum absolute atomic E-state index is 0.189. The number of amides is 1. The van der Waals surface area contributed by atoms with E-state index in [4.69, 9.17) is 5.73 Å². The van der Waals surface area contributed by atoms with Crippen molar-refractivity contribution in [1.82, 2.24) is 4.90 Å². The van der Waals surface area contributed by atoms with Gasteiger partial charge in [-0.05, 0) is 19.9 Å². The zero-order valence-corrected chi connectivity index (χ0v) is 9.17. The molecule has 0 aliphatic heterocycles. The molecule has 0 bridgehead atoms. The summed E-state index contributed by atoms with van der Waals surface area (Å²) < 4.78 is 0. The lowest BCUT2D eigenvalue weighted by atomic mass is 10.1. The zero-order valence-electron chi connectivity index (χ0n) is 9.17. The molecule has 3 nitrogen and oxygen atoms in total. The third-order valence-electron chi connectivity index (χ3n) is 3.16. The second-order valence-corrected chi connectivity index (χ2v) is 4.34. The first-order valence-corrected chi connectivity index (χ1v) is 5.68. The standard InChI is InChI=1S/C11H22N2O/c1-13(9-8-11(12)14)10-6-4-2-3-5-7-10/h10H,2-9H2,1H3,(H2,12,14). The van der Waals surface area contributed by atoms with E-state index in [-0.39, 0.29) is 5.91 Å². The molecule has 0 saturated heterocycles. The predicted molar refractivity (Wildman–Crippen MR) is 57.9 cm³/mol. The molecule has 1 saturated carbocycles. The fourth-order valence-electron chi connectivity index (χ4n) is 2.17. The van der Waals surface area contributed by atoms with Crippen LogP contribution in [0, 0.1) is 0 Å². The Morgan fingerprint density at radius 3 is 2.36 bits per heavy atom. The lowest BCUT2D eigenvalue weighted by Gasteiger charge is -2.26. The van der Waals surface area contributed by atoms with E-state index in [0.717, 1.165) is 6.54 Å². The quantitative estimate of drug-likeness (QED) is 0.696. The summed E-state index contributed by atoms with van der Waals surface area (Å²) in [6, 6.07) is 0.678. The number of carbonyl (C=O) groups is 1. The Balaban J connectivity index is 2.26. The SMILES string of the molecule is CN(CCC(N)=O)C1CCCCCC1. The Labute approximate surface area is 86.6 Å².